The molecular formula is C26H25Cl5N2O3. The Morgan fingerprint density at radius 2 is 1.33 bits per heavy atom. The molecule has 0 aromatic heterocycles. The number of Topliss-reactive ketones (excluding diaryl/α,β-unsaturated/α-hetero) is 1. The first kappa shape index (κ1) is 29.0. The van der Waals surface area contributed by atoms with E-state index in [1.165, 1.54) is 0 Å². The lowest BCUT2D eigenvalue weighted by Gasteiger charge is -2.31. The highest BCUT2D eigenvalue weighted by Gasteiger charge is 2.29. The third-order valence-corrected chi connectivity index (χ3v) is 7.45. The van der Waals surface area contributed by atoms with E-state index in [2.05, 4.69) is 4.90 Å². The average Bonchev–Trinajstić information content (AvgIpc) is 2.85. The van der Waals surface area contributed by atoms with Crippen molar-refractivity contribution in [3.8, 4) is 0 Å². The van der Waals surface area contributed by atoms with Gasteiger partial charge < -0.3 is 9.64 Å². The van der Waals surface area contributed by atoms with Crippen molar-refractivity contribution in [3.05, 3.63) is 78.8 Å². The molecular weight excluding hydrogens is 566 g/mol. The summed E-state index contributed by atoms with van der Waals surface area (Å²) in [5.41, 5.74) is 2.47. The predicted molar refractivity (Wildman–Crippen MR) is 150 cm³/mol. The van der Waals surface area contributed by atoms with Gasteiger partial charge in [0.05, 0.1) is 33.3 Å². The van der Waals surface area contributed by atoms with E-state index in [1.807, 2.05) is 0 Å². The Labute approximate surface area is 237 Å². The number of nitrogens with zero attached hydrogens (tertiary/aromatic N) is 2. The summed E-state index contributed by atoms with van der Waals surface area (Å²) in [6.07, 6.45) is 3.89. The molecule has 0 radical (unpaired) electrons. The van der Waals surface area contributed by atoms with Crippen LogP contribution >= 0.6 is 58.8 Å². The van der Waals surface area contributed by atoms with Crippen LogP contribution in [-0.2, 0) is 14.3 Å². The van der Waals surface area contributed by atoms with Gasteiger partial charge in [0.1, 0.15) is 0 Å². The van der Waals surface area contributed by atoms with Crippen LogP contribution in [0.25, 0.3) is 12.2 Å². The molecule has 0 spiro atoms. The van der Waals surface area contributed by atoms with Crippen LogP contribution < -0.4 is 0 Å². The molecule has 2 saturated heterocycles. The van der Waals surface area contributed by atoms with E-state index in [-0.39, 0.29) is 37.2 Å². The molecule has 1 amide bonds. The molecule has 0 bridgehead atoms. The van der Waals surface area contributed by atoms with Crippen LogP contribution in [0.1, 0.15) is 17.5 Å². The van der Waals surface area contributed by atoms with Gasteiger partial charge in [-0.1, -0.05) is 58.5 Å². The predicted octanol–water partition coefficient (Wildman–Crippen LogP) is 6.32. The molecule has 2 heterocycles. The molecule has 10 heteroatoms. The molecule has 2 aromatic rings. The standard InChI is InChI=1S/C26H24Cl4N2O3.ClH/c27-21-3-1-17(13-23(21)29)11-19-15-32(25(33)5-6-31-7-9-35-10-8-31)16-20(26(19)34)12-18-2-4-22(28)24(30)14-18;/h1-4,11-14H,5-10,15-16H2;1H/b19-11+,20-12+;. The van der Waals surface area contributed by atoms with Crippen molar-refractivity contribution in [2.75, 3.05) is 45.9 Å². The van der Waals surface area contributed by atoms with Gasteiger partial charge >= 0.3 is 0 Å². The number of carbonyl (C=O) groups is 2. The first-order chi connectivity index (χ1) is 16.8. The van der Waals surface area contributed by atoms with E-state index in [4.69, 9.17) is 51.1 Å². The monoisotopic (exact) mass is 588 g/mol. The Balaban J connectivity index is 0.00000361. The number of hydrogen-bond donors (Lipinski definition) is 0. The summed E-state index contributed by atoms with van der Waals surface area (Å²) < 4.78 is 5.38. The summed E-state index contributed by atoms with van der Waals surface area (Å²) in [6.45, 7) is 4.09. The average molecular weight is 591 g/mol. The quantitative estimate of drug-likeness (QED) is 0.383. The molecule has 0 atom stereocenters. The minimum Gasteiger partial charge on any atom is -0.379 e. The van der Waals surface area contributed by atoms with Crippen LogP contribution in [0.2, 0.25) is 20.1 Å². The normalized spacial score (nSPS) is 19.0. The maximum absolute atomic E-state index is 13.4. The van der Waals surface area contributed by atoms with Gasteiger partial charge in [0.25, 0.3) is 0 Å². The van der Waals surface area contributed by atoms with Crippen molar-refractivity contribution in [1.29, 1.82) is 0 Å². The summed E-state index contributed by atoms with van der Waals surface area (Å²) in [4.78, 5) is 30.5. The van der Waals surface area contributed by atoms with Crippen molar-refractivity contribution < 1.29 is 14.3 Å². The topological polar surface area (TPSA) is 49.9 Å². The number of ether oxygens (including phenoxy) is 1. The molecule has 0 saturated carbocycles. The van der Waals surface area contributed by atoms with Crippen LogP contribution in [0.4, 0.5) is 0 Å². The molecule has 2 aliphatic rings. The number of benzene rings is 2. The van der Waals surface area contributed by atoms with Crippen molar-refractivity contribution >= 4 is 82.7 Å². The van der Waals surface area contributed by atoms with Crippen molar-refractivity contribution in [2.24, 2.45) is 0 Å². The Hall–Kier alpha value is -1.57. The second kappa shape index (κ2) is 13.3. The number of hydrogen-bond acceptors (Lipinski definition) is 4. The van der Waals surface area contributed by atoms with E-state index in [1.54, 1.807) is 53.5 Å². The summed E-state index contributed by atoms with van der Waals surface area (Å²) in [5, 5.41) is 1.66. The fourth-order valence-corrected chi connectivity index (χ4v) is 4.67. The van der Waals surface area contributed by atoms with Gasteiger partial charge in [0, 0.05) is 50.3 Å². The van der Waals surface area contributed by atoms with Crippen LogP contribution in [0.3, 0.4) is 0 Å². The van der Waals surface area contributed by atoms with Crippen LogP contribution in [0, 0.1) is 0 Å². The zero-order valence-corrected chi connectivity index (χ0v) is 23.2. The first-order valence-electron chi connectivity index (χ1n) is 11.2. The van der Waals surface area contributed by atoms with Crippen molar-refractivity contribution in [3.63, 3.8) is 0 Å². The van der Waals surface area contributed by atoms with Crippen LogP contribution in [-0.4, -0.2) is 67.4 Å². The van der Waals surface area contributed by atoms with Gasteiger partial charge in [-0.05, 0) is 47.5 Å². The lowest BCUT2D eigenvalue weighted by atomic mass is 9.94. The van der Waals surface area contributed by atoms with E-state index >= 15 is 0 Å². The molecule has 0 N–H and O–H groups in total. The van der Waals surface area contributed by atoms with Gasteiger partial charge in [-0.2, -0.15) is 0 Å². The second-order valence-corrected chi connectivity index (χ2v) is 10.1. The Kier molecular flexibility index (Phi) is 10.7. The van der Waals surface area contributed by atoms with E-state index in [9.17, 15) is 9.59 Å². The molecule has 0 aliphatic carbocycles. The highest BCUT2D eigenvalue weighted by molar-refractivity contribution is 6.42. The van der Waals surface area contributed by atoms with Crippen LogP contribution in [0.5, 0.6) is 0 Å². The summed E-state index contributed by atoms with van der Waals surface area (Å²) in [5.74, 6) is -0.136. The van der Waals surface area contributed by atoms with E-state index in [0.29, 0.717) is 57.4 Å². The smallest absolute Gasteiger partial charge is 0.224 e. The minimum absolute atomic E-state index is 0. The van der Waals surface area contributed by atoms with Gasteiger partial charge in [0.2, 0.25) is 5.91 Å². The molecule has 192 valence electrons. The third kappa shape index (κ3) is 7.48. The molecule has 0 unspecified atom stereocenters. The van der Waals surface area contributed by atoms with E-state index < -0.39 is 0 Å². The van der Waals surface area contributed by atoms with Gasteiger partial charge in [-0.3, -0.25) is 14.5 Å². The van der Waals surface area contributed by atoms with Gasteiger partial charge in [-0.15, -0.1) is 12.4 Å². The summed E-state index contributed by atoms with van der Waals surface area (Å²) in [6, 6.07) is 10.3. The largest absolute Gasteiger partial charge is 0.379 e. The molecule has 2 aromatic carbocycles. The zero-order valence-electron chi connectivity index (χ0n) is 19.3. The number of morpholine rings is 1. The fraction of sp³-hybridized carbons (Fsp3) is 0.308. The molecule has 36 heavy (non-hydrogen) atoms. The SMILES string of the molecule is Cl.O=C1/C(=C/c2ccc(Cl)c(Cl)c2)CN(C(=O)CCN2CCOCC2)C/C1=C\c1ccc(Cl)c(Cl)c1. The third-order valence-electron chi connectivity index (χ3n) is 5.97. The lowest BCUT2D eigenvalue weighted by molar-refractivity contribution is -0.131. The first-order valence-corrected chi connectivity index (χ1v) is 12.7. The van der Waals surface area contributed by atoms with Crippen LogP contribution in [0.15, 0.2) is 47.5 Å². The number of halogens is 5. The second-order valence-electron chi connectivity index (χ2n) is 8.47. The fourth-order valence-electron chi connectivity index (χ4n) is 4.06. The number of ketones is 1. The Morgan fingerprint density at radius 1 is 0.833 bits per heavy atom. The molecule has 4 rings (SSSR count). The molecule has 2 fully saturated rings. The van der Waals surface area contributed by atoms with E-state index in [0.717, 1.165) is 24.2 Å². The molecule has 2 aliphatic heterocycles. The zero-order chi connectivity index (χ0) is 24.9. The van der Waals surface area contributed by atoms with Gasteiger partial charge in [-0.25, -0.2) is 0 Å². The van der Waals surface area contributed by atoms with Crippen molar-refractivity contribution in [2.45, 2.75) is 6.42 Å². The lowest BCUT2D eigenvalue weighted by Crippen LogP contribution is -2.44. The van der Waals surface area contributed by atoms with Gasteiger partial charge in [0.15, 0.2) is 5.78 Å². The summed E-state index contributed by atoms with van der Waals surface area (Å²) >= 11 is 24.4. The highest BCUT2D eigenvalue weighted by Crippen LogP contribution is 2.28. The van der Waals surface area contributed by atoms with Crippen molar-refractivity contribution in [1.82, 2.24) is 9.80 Å². The highest BCUT2D eigenvalue weighted by atomic mass is 35.5. The number of amides is 1. The maximum atomic E-state index is 13.4. The Morgan fingerprint density at radius 3 is 1.81 bits per heavy atom. The number of piperidine rings is 1. The minimum atomic E-state index is -0.126. The Bertz CT molecular complexity index is 1120. The maximum Gasteiger partial charge on any atom is 0.224 e. The number of likely N-dealkylation sites (tertiary alicyclic amines) is 1. The molecule has 5 nitrogen and oxygen atoms in total. The number of rotatable bonds is 5. The number of carbonyl (C=O) groups excluding carboxylic acids is 2. The summed E-state index contributed by atoms with van der Waals surface area (Å²) in [7, 11) is 0.